The van der Waals surface area contributed by atoms with Gasteiger partial charge in [0.05, 0.1) is 0 Å². The predicted octanol–water partition coefficient (Wildman–Crippen LogP) is 0.424. The summed E-state index contributed by atoms with van der Waals surface area (Å²) < 4.78 is -0.695. The Morgan fingerprint density at radius 3 is 1.29 bits per heavy atom. The molecule has 0 fully saturated rings. The fourth-order valence-corrected chi connectivity index (χ4v) is 0. The Hall–Kier alpha value is 1.59. The molecule has 4 N–H and O–H groups in total. The van der Waals surface area contributed by atoms with Gasteiger partial charge in [-0.2, -0.15) is 0 Å². The summed E-state index contributed by atoms with van der Waals surface area (Å²) in [5, 5.41) is 0. The van der Waals surface area contributed by atoms with E-state index in [1.54, 1.807) is 0 Å². The minimum absolute atomic E-state index is 0.695. The van der Waals surface area contributed by atoms with E-state index in [2.05, 4.69) is 0 Å². The third-order valence-electron chi connectivity index (χ3n) is 0.378. The molecule has 0 aromatic carbocycles. The second-order valence-electron chi connectivity index (χ2n) is 1.07. The summed E-state index contributed by atoms with van der Waals surface area (Å²) in [5.74, 6) is 0. The minimum atomic E-state index is -3.39. The number of nitrogens with two attached hydrogens (primary N) is 2. The quantitative estimate of drug-likeness (QED) is 0.536. The van der Waals surface area contributed by atoms with E-state index < -0.39 is 19.2 Å². The maximum atomic E-state index is 5.36. The SMILES string of the molecule is N[CH](N)[Sn]([Cl])([Cl])[Cl]. The van der Waals surface area contributed by atoms with Crippen LogP contribution in [-0.2, 0) is 0 Å². The molecule has 0 saturated carbocycles. The van der Waals surface area contributed by atoms with Gasteiger partial charge in [-0.15, -0.1) is 0 Å². The van der Waals surface area contributed by atoms with Gasteiger partial charge in [-0.1, -0.05) is 0 Å². The van der Waals surface area contributed by atoms with Crippen molar-refractivity contribution in [2.24, 2.45) is 11.5 Å². The summed E-state index contributed by atoms with van der Waals surface area (Å²) in [7, 11) is 16.1. The zero-order valence-corrected chi connectivity index (χ0v) is 8.49. The van der Waals surface area contributed by atoms with Crippen LogP contribution in [0.2, 0.25) is 0 Å². The average Bonchev–Trinajstić information content (AvgIpc) is 1.31. The van der Waals surface area contributed by atoms with Gasteiger partial charge in [0.1, 0.15) is 0 Å². The van der Waals surface area contributed by atoms with E-state index in [0.717, 1.165) is 0 Å². The third-order valence-corrected chi connectivity index (χ3v) is 7.61. The average molecular weight is 270 g/mol. The topological polar surface area (TPSA) is 52.0 Å². The molecule has 6 heteroatoms. The van der Waals surface area contributed by atoms with Crippen molar-refractivity contribution in [2.75, 3.05) is 0 Å². The molecule has 7 heavy (non-hydrogen) atoms. The van der Waals surface area contributed by atoms with Crippen LogP contribution in [0.5, 0.6) is 0 Å². The zero-order valence-electron chi connectivity index (χ0n) is 3.37. The summed E-state index contributed by atoms with van der Waals surface area (Å²) in [6, 6.07) is 0. The number of rotatable bonds is 1. The van der Waals surface area contributed by atoms with Gasteiger partial charge in [-0.3, -0.25) is 0 Å². The molecular formula is CH5Cl3N2Sn. The molecule has 0 aliphatic rings. The van der Waals surface area contributed by atoms with Crippen molar-refractivity contribution in [1.82, 2.24) is 0 Å². The molecule has 0 unspecified atom stereocenters. The number of hydrogen-bond acceptors (Lipinski definition) is 2. The molecule has 2 nitrogen and oxygen atoms in total. The standard InChI is InChI=1S/CH5N2.3ClH.Sn/c2-1-3;;;;/h1H,2-3H2;3*1H;/q;;;;+3/p-3. The monoisotopic (exact) mass is 270 g/mol. The summed E-state index contributed by atoms with van der Waals surface area (Å²) in [6.07, 6.45) is 0. The van der Waals surface area contributed by atoms with Crippen LogP contribution in [0.1, 0.15) is 0 Å². The summed E-state index contributed by atoms with van der Waals surface area (Å²) in [5.41, 5.74) is 10.1. The molecule has 0 saturated heterocycles. The van der Waals surface area contributed by atoms with Crippen LogP contribution in [0.15, 0.2) is 0 Å². The molecule has 0 spiro atoms. The van der Waals surface area contributed by atoms with Gasteiger partial charge in [0.25, 0.3) is 0 Å². The van der Waals surface area contributed by atoms with Gasteiger partial charge >= 0.3 is 57.4 Å². The number of hydrogen-bond donors (Lipinski definition) is 2. The van der Waals surface area contributed by atoms with Crippen molar-refractivity contribution in [3.05, 3.63) is 0 Å². The Kier molecular flexibility index (Phi) is 3.61. The first kappa shape index (κ1) is 8.59. The van der Waals surface area contributed by atoms with Crippen LogP contribution in [0, 0.1) is 0 Å². The van der Waals surface area contributed by atoms with E-state index in [1.165, 1.54) is 0 Å². The van der Waals surface area contributed by atoms with Gasteiger partial charge in [0, 0.05) is 0 Å². The van der Waals surface area contributed by atoms with Gasteiger partial charge < -0.3 is 0 Å². The molecule has 0 amide bonds. The predicted molar refractivity (Wildman–Crippen MR) is 35.5 cm³/mol. The fourth-order valence-electron chi connectivity index (χ4n) is 0. The van der Waals surface area contributed by atoms with Crippen molar-refractivity contribution >= 4 is 41.8 Å². The zero-order chi connectivity index (χ0) is 6.08. The van der Waals surface area contributed by atoms with Crippen molar-refractivity contribution in [1.29, 1.82) is 0 Å². The molecule has 0 radical (unpaired) electrons. The first-order chi connectivity index (χ1) is 2.94. The van der Waals surface area contributed by atoms with Gasteiger partial charge in [-0.25, -0.2) is 0 Å². The first-order valence-electron chi connectivity index (χ1n) is 1.52. The van der Waals surface area contributed by atoms with Gasteiger partial charge in [0.15, 0.2) is 0 Å². The molecule has 0 heterocycles. The van der Waals surface area contributed by atoms with E-state index in [-0.39, 0.29) is 0 Å². The van der Waals surface area contributed by atoms with Crippen molar-refractivity contribution in [3.63, 3.8) is 0 Å². The van der Waals surface area contributed by atoms with Crippen LogP contribution < -0.4 is 11.5 Å². The van der Waals surface area contributed by atoms with E-state index in [4.69, 9.17) is 38.2 Å². The van der Waals surface area contributed by atoms with Crippen LogP contribution >= 0.6 is 26.8 Å². The van der Waals surface area contributed by atoms with Crippen molar-refractivity contribution < 1.29 is 0 Å². The second kappa shape index (κ2) is 2.94. The Balaban J connectivity index is 3.54. The van der Waals surface area contributed by atoms with Gasteiger partial charge in [0.2, 0.25) is 0 Å². The molecule has 0 rings (SSSR count). The molecule has 0 aromatic heterocycles. The normalized spacial score (nSPS) is 12.9. The van der Waals surface area contributed by atoms with Crippen LogP contribution in [0.4, 0.5) is 0 Å². The van der Waals surface area contributed by atoms with E-state index >= 15 is 0 Å². The Morgan fingerprint density at radius 2 is 1.29 bits per heavy atom. The van der Waals surface area contributed by atoms with Crippen molar-refractivity contribution in [3.8, 4) is 0 Å². The fraction of sp³-hybridized carbons (Fsp3) is 1.00. The van der Waals surface area contributed by atoms with Crippen molar-refractivity contribution in [2.45, 2.75) is 4.18 Å². The molecule has 0 aliphatic carbocycles. The molecule has 0 bridgehead atoms. The van der Waals surface area contributed by atoms with Crippen LogP contribution in [0.25, 0.3) is 0 Å². The molecule has 0 aromatic rings. The van der Waals surface area contributed by atoms with Crippen LogP contribution in [0.3, 0.4) is 0 Å². The Bertz CT molecular complexity index is 58.4. The summed E-state index contributed by atoms with van der Waals surface area (Å²) >= 11 is -3.39. The Morgan fingerprint density at radius 1 is 1.14 bits per heavy atom. The molecule has 0 atom stereocenters. The second-order valence-corrected chi connectivity index (χ2v) is 22.0. The number of halogens is 3. The molecule has 44 valence electrons. The van der Waals surface area contributed by atoms with Crippen LogP contribution in [-0.4, -0.2) is 19.2 Å². The maximum absolute atomic E-state index is 5.36. The summed E-state index contributed by atoms with van der Waals surface area (Å²) in [6.45, 7) is 0. The molecule has 0 aliphatic heterocycles. The van der Waals surface area contributed by atoms with E-state index in [0.29, 0.717) is 0 Å². The summed E-state index contributed by atoms with van der Waals surface area (Å²) in [4.78, 5) is 0. The first-order valence-corrected chi connectivity index (χ1v) is 14.0. The third kappa shape index (κ3) is 4.12. The van der Waals surface area contributed by atoms with E-state index in [9.17, 15) is 0 Å². The Labute approximate surface area is 57.1 Å². The molecular weight excluding hydrogens is 265 g/mol. The van der Waals surface area contributed by atoms with Gasteiger partial charge in [-0.05, 0) is 0 Å². The van der Waals surface area contributed by atoms with E-state index in [1.807, 2.05) is 0 Å².